The van der Waals surface area contributed by atoms with Gasteiger partial charge in [-0.2, -0.15) is 0 Å². The van der Waals surface area contributed by atoms with Crippen molar-refractivity contribution < 1.29 is 0 Å². The summed E-state index contributed by atoms with van der Waals surface area (Å²) < 4.78 is 0. The van der Waals surface area contributed by atoms with Crippen LogP contribution in [0.4, 0.5) is 5.95 Å². The molecule has 1 aromatic heterocycles. The number of benzene rings is 1. The quantitative estimate of drug-likeness (QED) is 0.899. The van der Waals surface area contributed by atoms with Gasteiger partial charge in [-0.1, -0.05) is 37.3 Å². The lowest BCUT2D eigenvalue weighted by Crippen LogP contribution is -2.37. The van der Waals surface area contributed by atoms with Crippen molar-refractivity contribution in [2.24, 2.45) is 0 Å². The average Bonchev–Trinajstić information content (AvgIpc) is 3.22. The van der Waals surface area contributed by atoms with E-state index in [1.807, 2.05) is 0 Å². The number of nitrogens with one attached hydrogen (secondary N) is 1. The first-order valence-electron chi connectivity index (χ1n) is 9.85. The fraction of sp³-hybridized carbons (Fsp3) is 0.524. The summed E-state index contributed by atoms with van der Waals surface area (Å²) in [6.45, 7) is 7.02. The Bertz CT molecular complexity index is 795. The fourth-order valence-corrected chi connectivity index (χ4v) is 4.06. The van der Waals surface area contributed by atoms with Crippen molar-refractivity contribution in [2.75, 3.05) is 31.1 Å². The third kappa shape index (κ3) is 3.68. The predicted molar refractivity (Wildman–Crippen MR) is 105 cm³/mol. The van der Waals surface area contributed by atoms with Crippen LogP contribution in [0.1, 0.15) is 48.9 Å². The molecule has 5 heteroatoms. The lowest BCUT2D eigenvalue weighted by molar-refractivity contribution is 0.242. The molecule has 0 spiro atoms. The zero-order chi connectivity index (χ0) is 17.9. The molecular weight excluding hydrogens is 324 g/mol. The van der Waals surface area contributed by atoms with Crippen LogP contribution in [0.25, 0.3) is 0 Å². The lowest BCUT2D eigenvalue weighted by Gasteiger charge is -2.29. The molecule has 1 atom stereocenters. The number of aromatic amines is 1. The SMILES string of the molecule is CC(CCN1CCc2nc(N3CCCC3)[nH]c(=O)c2C1)c1ccccc1. The second kappa shape index (κ2) is 7.62. The van der Waals surface area contributed by atoms with Crippen LogP contribution in [0.2, 0.25) is 0 Å². The van der Waals surface area contributed by atoms with E-state index in [0.29, 0.717) is 5.92 Å². The van der Waals surface area contributed by atoms with Crippen LogP contribution in [0.3, 0.4) is 0 Å². The van der Waals surface area contributed by atoms with Gasteiger partial charge in [0.15, 0.2) is 0 Å². The molecule has 0 radical (unpaired) electrons. The highest BCUT2D eigenvalue weighted by Crippen LogP contribution is 2.22. The van der Waals surface area contributed by atoms with Gasteiger partial charge in [-0.05, 0) is 37.3 Å². The molecule has 0 saturated carbocycles. The van der Waals surface area contributed by atoms with E-state index < -0.39 is 0 Å². The van der Waals surface area contributed by atoms with E-state index in [1.165, 1.54) is 18.4 Å². The zero-order valence-electron chi connectivity index (χ0n) is 15.6. The Hall–Kier alpha value is -2.14. The highest BCUT2D eigenvalue weighted by Gasteiger charge is 2.23. The molecule has 1 fully saturated rings. The zero-order valence-corrected chi connectivity index (χ0v) is 15.6. The molecule has 1 aromatic carbocycles. The van der Waals surface area contributed by atoms with E-state index in [0.717, 1.165) is 62.8 Å². The summed E-state index contributed by atoms with van der Waals surface area (Å²) in [4.78, 5) is 25.0. The van der Waals surface area contributed by atoms with Crippen molar-refractivity contribution in [2.45, 2.75) is 45.1 Å². The molecule has 2 aliphatic heterocycles. The van der Waals surface area contributed by atoms with Gasteiger partial charge >= 0.3 is 0 Å². The minimum Gasteiger partial charge on any atom is -0.342 e. The third-order valence-electron chi connectivity index (χ3n) is 5.79. The van der Waals surface area contributed by atoms with Crippen molar-refractivity contribution in [3.8, 4) is 0 Å². The fourth-order valence-electron chi connectivity index (χ4n) is 4.06. The number of anilines is 1. The first kappa shape index (κ1) is 17.3. The van der Waals surface area contributed by atoms with Crippen LogP contribution in [0, 0.1) is 0 Å². The minimum absolute atomic E-state index is 0.0534. The van der Waals surface area contributed by atoms with Crippen LogP contribution in [0.5, 0.6) is 0 Å². The Labute approximate surface area is 155 Å². The van der Waals surface area contributed by atoms with Crippen molar-refractivity contribution >= 4 is 5.95 Å². The molecule has 2 aliphatic rings. The Kier molecular flexibility index (Phi) is 5.07. The Morgan fingerprint density at radius 1 is 1.15 bits per heavy atom. The molecule has 0 bridgehead atoms. The van der Waals surface area contributed by atoms with Gasteiger partial charge < -0.3 is 4.90 Å². The average molecular weight is 352 g/mol. The Morgan fingerprint density at radius 2 is 1.92 bits per heavy atom. The van der Waals surface area contributed by atoms with Gasteiger partial charge in [0.1, 0.15) is 0 Å². The number of H-pyrrole nitrogens is 1. The van der Waals surface area contributed by atoms with Crippen LogP contribution in [-0.4, -0.2) is 41.0 Å². The molecular formula is C21H28N4O. The summed E-state index contributed by atoms with van der Waals surface area (Å²) in [6.07, 6.45) is 4.36. The molecule has 1 unspecified atom stereocenters. The topological polar surface area (TPSA) is 52.2 Å². The molecule has 0 amide bonds. The van der Waals surface area contributed by atoms with Gasteiger partial charge in [0, 0.05) is 32.6 Å². The van der Waals surface area contributed by atoms with Crippen molar-refractivity contribution in [1.82, 2.24) is 14.9 Å². The molecule has 2 aromatic rings. The number of hydrogen-bond acceptors (Lipinski definition) is 4. The smallest absolute Gasteiger partial charge is 0.257 e. The summed E-state index contributed by atoms with van der Waals surface area (Å²) in [7, 11) is 0. The Balaban J connectivity index is 1.40. The normalized spacial score (nSPS) is 18.7. The van der Waals surface area contributed by atoms with E-state index in [9.17, 15) is 4.79 Å². The maximum absolute atomic E-state index is 12.6. The van der Waals surface area contributed by atoms with E-state index in [2.05, 4.69) is 52.0 Å². The van der Waals surface area contributed by atoms with Gasteiger partial charge in [0.25, 0.3) is 5.56 Å². The summed E-state index contributed by atoms with van der Waals surface area (Å²) in [6, 6.07) is 10.7. The molecule has 1 saturated heterocycles. The van der Waals surface area contributed by atoms with Gasteiger partial charge in [0.2, 0.25) is 5.95 Å². The standard InChI is InChI=1S/C21H28N4O/c1-16(17-7-3-2-4-8-17)9-13-24-14-10-19-18(15-24)20(26)23-21(22-19)25-11-5-6-12-25/h2-4,7-8,16H,5-6,9-15H2,1H3,(H,22,23,26). The summed E-state index contributed by atoms with van der Waals surface area (Å²) in [5.41, 5.74) is 3.31. The monoisotopic (exact) mass is 352 g/mol. The van der Waals surface area contributed by atoms with Gasteiger partial charge in [0.05, 0.1) is 11.3 Å². The molecule has 1 N–H and O–H groups in total. The highest BCUT2D eigenvalue weighted by molar-refractivity contribution is 5.35. The number of fused-ring (bicyclic) bond motifs is 1. The number of hydrogen-bond donors (Lipinski definition) is 1. The van der Waals surface area contributed by atoms with Crippen molar-refractivity contribution in [1.29, 1.82) is 0 Å². The highest BCUT2D eigenvalue weighted by atomic mass is 16.1. The number of rotatable bonds is 5. The van der Waals surface area contributed by atoms with E-state index in [-0.39, 0.29) is 5.56 Å². The maximum atomic E-state index is 12.6. The largest absolute Gasteiger partial charge is 0.342 e. The predicted octanol–water partition coefficient (Wildman–Crippen LogP) is 2.92. The molecule has 0 aliphatic carbocycles. The van der Waals surface area contributed by atoms with Crippen molar-refractivity contribution in [3.05, 3.63) is 57.5 Å². The number of nitrogens with zero attached hydrogens (tertiary/aromatic N) is 3. The first-order valence-corrected chi connectivity index (χ1v) is 9.85. The van der Waals surface area contributed by atoms with E-state index >= 15 is 0 Å². The lowest BCUT2D eigenvalue weighted by atomic mass is 9.97. The summed E-state index contributed by atoms with van der Waals surface area (Å²) in [5.74, 6) is 1.31. The molecule has 4 rings (SSSR count). The second-order valence-electron chi connectivity index (χ2n) is 7.64. The summed E-state index contributed by atoms with van der Waals surface area (Å²) >= 11 is 0. The minimum atomic E-state index is 0.0534. The van der Waals surface area contributed by atoms with Crippen molar-refractivity contribution in [3.63, 3.8) is 0 Å². The van der Waals surface area contributed by atoms with Crippen LogP contribution in [-0.2, 0) is 13.0 Å². The first-order chi connectivity index (χ1) is 12.7. The third-order valence-corrected chi connectivity index (χ3v) is 5.79. The Morgan fingerprint density at radius 3 is 2.69 bits per heavy atom. The maximum Gasteiger partial charge on any atom is 0.257 e. The van der Waals surface area contributed by atoms with Crippen LogP contribution < -0.4 is 10.5 Å². The van der Waals surface area contributed by atoms with E-state index in [1.54, 1.807) is 0 Å². The van der Waals surface area contributed by atoms with Gasteiger partial charge in [-0.3, -0.25) is 14.7 Å². The van der Waals surface area contributed by atoms with Crippen LogP contribution in [0.15, 0.2) is 35.1 Å². The molecule has 138 valence electrons. The molecule has 5 nitrogen and oxygen atoms in total. The molecule has 26 heavy (non-hydrogen) atoms. The van der Waals surface area contributed by atoms with Crippen LogP contribution >= 0.6 is 0 Å². The summed E-state index contributed by atoms with van der Waals surface area (Å²) in [5, 5.41) is 0. The second-order valence-corrected chi connectivity index (χ2v) is 7.64. The van der Waals surface area contributed by atoms with Gasteiger partial charge in [-0.25, -0.2) is 4.98 Å². The van der Waals surface area contributed by atoms with E-state index in [4.69, 9.17) is 4.98 Å². The molecule has 3 heterocycles. The number of aromatic nitrogens is 2. The van der Waals surface area contributed by atoms with Gasteiger partial charge in [-0.15, -0.1) is 0 Å².